The van der Waals surface area contributed by atoms with Crippen molar-refractivity contribution in [3.8, 4) is 5.75 Å². The molecule has 208 valence electrons. The number of aromatic nitrogens is 1. The summed E-state index contributed by atoms with van der Waals surface area (Å²) in [6.07, 6.45) is 0.405. The summed E-state index contributed by atoms with van der Waals surface area (Å²) in [5.74, 6) is 0.640. The molecule has 0 saturated carbocycles. The van der Waals surface area contributed by atoms with E-state index in [-0.39, 0.29) is 54.6 Å². The van der Waals surface area contributed by atoms with E-state index in [1.807, 2.05) is 39.0 Å². The highest BCUT2D eigenvalue weighted by Crippen LogP contribution is 2.31. The summed E-state index contributed by atoms with van der Waals surface area (Å²) < 4.78 is 5.79. The fraction of sp³-hybridized carbons (Fsp3) is 0.370. The van der Waals surface area contributed by atoms with Crippen molar-refractivity contribution in [1.82, 2.24) is 4.98 Å². The van der Waals surface area contributed by atoms with Crippen LogP contribution >= 0.6 is 37.2 Å². The van der Waals surface area contributed by atoms with Crippen LogP contribution in [0.3, 0.4) is 0 Å². The number of para-hydroxylation sites is 2. The number of piperazine rings is 1. The number of amides is 1. The number of anilines is 3. The van der Waals surface area contributed by atoms with Crippen molar-refractivity contribution in [2.24, 2.45) is 5.92 Å². The van der Waals surface area contributed by atoms with Crippen LogP contribution in [0.4, 0.5) is 17.2 Å². The molecule has 38 heavy (non-hydrogen) atoms. The lowest BCUT2D eigenvalue weighted by Crippen LogP contribution is -2.47. The smallest absolute Gasteiger partial charge is 0.336 e. The van der Waals surface area contributed by atoms with Crippen LogP contribution in [0.1, 0.15) is 37.6 Å². The Morgan fingerprint density at radius 1 is 1.00 bits per heavy atom. The van der Waals surface area contributed by atoms with Crippen molar-refractivity contribution in [2.75, 3.05) is 47.9 Å². The molecule has 0 aliphatic carbocycles. The van der Waals surface area contributed by atoms with Gasteiger partial charge in [-0.05, 0) is 49.2 Å². The molecule has 0 spiro atoms. The quantitative estimate of drug-likeness (QED) is 0.339. The third kappa shape index (κ3) is 7.79. The van der Waals surface area contributed by atoms with Gasteiger partial charge in [0.15, 0.2) is 0 Å². The van der Waals surface area contributed by atoms with Crippen LogP contribution in [-0.2, 0) is 4.79 Å². The predicted octanol–water partition coefficient (Wildman–Crippen LogP) is 5.91. The molecular weight excluding hydrogens is 551 g/mol. The Hall–Kier alpha value is -2.94. The maximum absolute atomic E-state index is 12.2. The van der Waals surface area contributed by atoms with Gasteiger partial charge in [-0.25, -0.2) is 9.78 Å². The summed E-state index contributed by atoms with van der Waals surface area (Å²) in [6.45, 7) is 9.50. The molecule has 1 amide bonds. The summed E-state index contributed by atoms with van der Waals surface area (Å²) in [7, 11) is 0. The van der Waals surface area contributed by atoms with Crippen molar-refractivity contribution >= 4 is 77.2 Å². The van der Waals surface area contributed by atoms with Gasteiger partial charge in [-0.3, -0.25) is 4.79 Å². The first-order chi connectivity index (χ1) is 16.9. The molecule has 2 aromatic carbocycles. The number of nitrogens with zero attached hydrogens (tertiary/aromatic N) is 3. The van der Waals surface area contributed by atoms with Crippen LogP contribution < -0.4 is 19.9 Å². The molecule has 3 aromatic rings. The SMILES string of the molecule is CCOc1ccccc1N1CCN(c2cc(C(=O)O)c3cc(NC(=O)CC(C)C)ccc3n2)CC1.Cl.Cl.Cl. The molecule has 0 unspecified atom stereocenters. The standard InChI is InChI=1S/C27H32N4O4.3ClH/c1-4-35-24-8-6-5-7-23(24)30-11-13-31(14-12-30)25-17-21(27(33)34)20-16-19(9-10-22(20)29-25)28-26(32)15-18(2)3;;;/h5-10,16-18H,4,11-15H2,1-3H3,(H,28,32)(H,33,34);3*1H. The second-order valence-electron chi connectivity index (χ2n) is 9.09. The minimum absolute atomic E-state index is 0. The number of fused-ring (bicyclic) bond motifs is 1. The number of rotatable bonds is 8. The molecule has 2 heterocycles. The largest absolute Gasteiger partial charge is 0.492 e. The number of hydrogen-bond acceptors (Lipinski definition) is 6. The van der Waals surface area contributed by atoms with E-state index in [2.05, 4.69) is 21.2 Å². The number of carbonyl (C=O) groups excluding carboxylic acids is 1. The van der Waals surface area contributed by atoms with Gasteiger partial charge >= 0.3 is 5.97 Å². The minimum Gasteiger partial charge on any atom is -0.492 e. The van der Waals surface area contributed by atoms with Crippen molar-refractivity contribution < 1.29 is 19.4 Å². The predicted molar refractivity (Wildman–Crippen MR) is 161 cm³/mol. The summed E-state index contributed by atoms with van der Waals surface area (Å²) in [5, 5.41) is 13.3. The summed E-state index contributed by atoms with van der Waals surface area (Å²) >= 11 is 0. The molecule has 1 saturated heterocycles. The second-order valence-corrected chi connectivity index (χ2v) is 9.09. The summed E-state index contributed by atoms with van der Waals surface area (Å²) in [5.41, 5.74) is 2.40. The number of ether oxygens (including phenoxy) is 1. The highest BCUT2D eigenvalue weighted by molar-refractivity contribution is 6.05. The maximum atomic E-state index is 12.2. The van der Waals surface area contributed by atoms with Gasteiger partial charge in [0, 0.05) is 43.7 Å². The molecule has 2 N–H and O–H groups in total. The number of pyridine rings is 1. The molecule has 1 aliphatic heterocycles. The summed E-state index contributed by atoms with van der Waals surface area (Å²) in [6, 6.07) is 14.9. The van der Waals surface area contributed by atoms with E-state index < -0.39 is 5.97 Å². The van der Waals surface area contributed by atoms with Crippen molar-refractivity contribution in [1.29, 1.82) is 0 Å². The van der Waals surface area contributed by atoms with E-state index in [0.29, 0.717) is 48.5 Å². The van der Waals surface area contributed by atoms with E-state index >= 15 is 0 Å². The van der Waals surface area contributed by atoms with Crippen LogP contribution in [0.15, 0.2) is 48.5 Å². The molecule has 1 aromatic heterocycles. The highest BCUT2D eigenvalue weighted by atomic mass is 35.5. The number of aromatic carboxylic acids is 1. The van der Waals surface area contributed by atoms with E-state index in [1.54, 1.807) is 24.3 Å². The summed E-state index contributed by atoms with van der Waals surface area (Å²) in [4.78, 5) is 33.4. The molecule has 1 aliphatic rings. The van der Waals surface area contributed by atoms with Gasteiger partial charge in [-0.15, -0.1) is 37.2 Å². The van der Waals surface area contributed by atoms with Crippen LogP contribution in [0, 0.1) is 5.92 Å². The number of carbonyl (C=O) groups is 2. The van der Waals surface area contributed by atoms with Crippen molar-refractivity contribution in [3.63, 3.8) is 0 Å². The Balaban J connectivity index is 0.00000241. The molecule has 0 radical (unpaired) electrons. The first kappa shape index (κ1) is 33.1. The zero-order chi connectivity index (χ0) is 24.9. The van der Waals surface area contributed by atoms with E-state index in [9.17, 15) is 14.7 Å². The van der Waals surface area contributed by atoms with Gasteiger partial charge in [0.2, 0.25) is 5.91 Å². The lowest BCUT2D eigenvalue weighted by atomic mass is 10.1. The fourth-order valence-electron chi connectivity index (χ4n) is 4.38. The lowest BCUT2D eigenvalue weighted by molar-refractivity contribution is -0.116. The third-order valence-electron chi connectivity index (χ3n) is 6.01. The molecule has 1 fully saturated rings. The van der Waals surface area contributed by atoms with Crippen LogP contribution in [0.2, 0.25) is 0 Å². The van der Waals surface area contributed by atoms with Gasteiger partial charge < -0.3 is 25.0 Å². The molecule has 11 heteroatoms. The van der Waals surface area contributed by atoms with Crippen molar-refractivity contribution in [3.05, 3.63) is 54.1 Å². The van der Waals surface area contributed by atoms with E-state index in [4.69, 9.17) is 9.72 Å². The molecule has 4 rings (SSSR count). The van der Waals surface area contributed by atoms with Gasteiger partial charge in [-0.1, -0.05) is 26.0 Å². The van der Waals surface area contributed by atoms with E-state index in [1.165, 1.54) is 0 Å². The number of nitrogens with one attached hydrogen (secondary N) is 1. The van der Waals surface area contributed by atoms with Gasteiger partial charge in [0.05, 0.1) is 23.4 Å². The van der Waals surface area contributed by atoms with Crippen LogP contribution in [0.5, 0.6) is 5.75 Å². The van der Waals surface area contributed by atoms with Gasteiger partial charge in [0.25, 0.3) is 0 Å². The zero-order valence-corrected chi connectivity index (χ0v) is 24.1. The number of benzene rings is 2. The minimum atomic E-state index is -1.02. The first-order valence-corrected chi connectivity index (χ1v) is 12.1. The average molecular weight is 586 g/mol. The number of carboxylic acids is 1. The fourth-order valence-corrected chi connectivity index (χ4v) is 4.38. The van der Waals surface area contributed by atoms with Crippen molar-refractivity contribution in [2.45, 2.75) is 27.2 Å². The number of hydrogen-bond donors (Lipinski definition) is 2. The Bertz CT molecular complexity index is 1230. The highest BCUT2D eigenvalue weighted by Gasteiger charge is 2.23. The lowest BCUT2D eigenvalue weighted by Gasteiger charge is -2.37. The van der Waals surface area contributed by atoms with E-state index in [0.717, 1.165) is 24.5 Å². The Kier molecular flexibility index (Phi) is 12.9. The van der Waals surface area contributed by atoms with Gasteiger partial charge in [0.1, 0.15) is 11.6 Å². The molecule has 0 atom stereocenters. The monoisotopic (exact) mass is 584 g/mol. The molecule has 0 bridgehead atoms. The Morgan fingerprint density at radius 3 is 2.29 bits per heavy atom. The number of carboxylic acid groups (broad SMARTS) is 1. The number of halogens is 3. The Morgan fingerprint density at radius 2 is 1.66 bits per heavy atom. The normalized spacial score (nSPS) is 12.7. The third-order valence-corrected chi connectivity index (χ3v) is 6.01. The van der Waals surface area contributed by atoms with Crippen LogP contribution in [0.25, 0.3) is 10.9 Å². The first-order valence-electron chi connectivity index (χ1n) is 12.1. The average Bonchev–Trinajstić information content (AvgIpc) is 2.83. The topological polar surface area (TPSA) is 95.0 Å². The zero-order valence-electron chi connectivity index (χ0n) is 21.7. The molecule has 8 nitrogen and oxygen atoms in total. The van der Waals surface area contributed by atoms with Crippen LogP contribution in [-0.4, -0.2) is 54.8 Å². The maximum Gasteiger partial charge on any atom is 0.336 e. The van der Waals surface area contributed by atoms with Gasteiger partial charge in [-0.2, -0.15) is 0 Å². The molecular formula is C27H35Cl3N4O4. The Labute approximate surface area is 242 Å². The second kappa shape index (κ2) is 14.9.